The summed E-state index contributed by atoms with van der Waals surface area (Å²) in [6.45, 7) is 3.62. The van der Waals surface area contributed by atoms with E-state index >= 15 is 0 Å². The van der Waals surface area contributed by atoms with E-state index in [0.29, 0.717) is 6.54 Å². The number of imidazole rings is 1. The lowest BCUT2D eigenvalue weighted by molar-refractivity contribution is 0.407. The molecule has 0 saturated heterocycles. The predicted molar refractivity (Wildman–Crippen MR) is 114 cm³/mol. The van der Waals surface area contributed by atoms with Crippen molar-refractivity contribution in [2.45, 2.75) is 26.4 Å². The summed E-state index contributed by atoms with van der Waals surface area (Å²) in [5.41, 5.74) is 6.79. The van der Waals surface area contributed by atoms with Crippen LogP contribution in [0.3, 0.4) is 0 Å². The third-order valence-electron chi connectivity index (χ3n) is 5.06. The molecule has 4 aromatic rings. The van der Waals surface area contributed by atoms with Crippen molar-refractivity contribution in [2.24, 2.45) is 0 Å². The average molecular weight is 371 g/mol. The van der Waals surface area contributed by atoms with Crippen LogP contribution in [0.1, 0.15) is 23.7 Å². The molecule has 2 aromatic heterocycles. The number of ether oxygens (including phenoxy) is 1. The maximum absolute atomic E-state index is 5.46. The van der Waals surface area contributed by atoms with Crippen LogP contribution in [0.2, 0.25) is 0 Å². The minimum absolute atomic E-state index is 0.716. The van der Waals surface area contributed by atoms with E-state index in [1.165, 1.54) is 5.56 Å². The maximum atomic E-state index is 5.46. The number of nitrogens with one attached hydrogen (secondary N) is 1. The molecule has 0 aliphatic heterocycles. The van der Waals surface area contributed by atoms with E-state index in [9.17, 15) is 0 Å². The van der Waals surface area contributed by atoms with Crippen LogP contribution >= 0.6 is 0 Å². The second-order valence-electron chi connectivity index (χ2n) is 6.80. The van der Waals surface area contributed by atoms with Gasteiger partial charge in [0.25, 0.3) is 0 Å². The first-order chi connectivity index (χ1) is 13.8. The number of fused-ring (bicyclic) bond motifs is 1. The number of methoxy groups -OCH3 is 1. The molecule has 0 fully saturated rings. The first-order valence-electron chi connectivity index (χ1n) is 9.68. The van der Waals surface area contributed by atoms with Gasteiger partial charge in [-0.15, -0.1) is 0 Å². The van der Waals surface area contributed by atoms with Gasteiger partial charge in [0.15, 0.2) is 0 Å². The highest BCUT2D eigenvalue weighted by atomic mass is 16.5. The summed E-state index contributed by atoms with van der Waals surface area (Å²) in [6, 6.07) is 22.9. The van der Waals surface area contributed by atoms with E-state index in [4.69, 9.17) is 9.72 Å². The number of aryl methyl sites for hydroxylation is 1. The lowest BCUT2D eigenvalue weighted by Gasteiger charge is -2.11. The molecule has 0 radical (unpaired) electrons. The van der Waals surface area contributed by atoms with Crippen molar-refractivity contribution < 1.29 is 4.74 Å². The SMILES string of the molecule is CCc1ccc(-c2nc3ccccn3c2CNCc2ccccc2OC)cc1. The molecule has 0 amide bonds. The molecule has 4 nitrogen and oxygen atoms in total. The van der Waals surface area contributed by atoms with E-state index in [1.807, 2.05) is 36.4 Å². The van der Waals surface area contributed by atoms with Crippen molar-refractivity contribution in [3.05, 3.63) is 89.7 Å². The number of rotatable bonds is 7. The molecule has 28 heavy (non-hydrogen) atoms. The molecule has 0 aliphatic carbocycles. The molecule has 0 atom stereocenters. The van der Waals surface area contributed by atoms with Crippen molar-refractivity contribution >= 4 is 5.65 Å². The number of nitrogens with zero attached hydrogens (tertiary/aromatic N) is 2. The molecule has 0 unspecified atom stereocenters. The molecule has 0 saturated carbocycles. The molecule has 1 N–H and O–H groups in total. The van der Waals surface area contributed by atoms with E-state index in [0.717, 1.165) is 46.9 Å². The number of aromatic nitrogens is 2. The van der Waals surface area contributed by atoms with E-state index < -0.39 is 0 Å². The Kier molecular flexibility index (Phi) is 5.40. The van der Waals surface area contributed by atoms with Gasteiger partial charge in [0.05, 0.1) is 18.5 Å². The minimum Gasteiger partial charge on any atom is -0.496 e. The third kappa shape index (κ3) is 3.64. The quantitative estimate of drug-likeness (QED) is 0.504. The summed E-state index contributed by atoms with van der Waals surface area (Å²) < 4.78 is 7.63. The number of hydrogen-bond donors (Lipinski definition) is 1. The van der Waals surface area contributed by atoms with Gasteiger partial charge >= 0.3 is 0 Å². The summed E-state index contributed by atoms with van der Waals surface area (Å²) in [4.78, 5) is 4.90. The minimum atomic E-state index is 0.716. The van der Waals surface area contributed by atoms with Crippen molar-refractivity contribution in [2.75, 3.05) is 7.11 Å². The van der Waals surface area contributed by atoms with Gasteiger partial charge in [0.1, 0.15) is 11.4 Å². The van der Waals surface area contributed by atoms with E-state index in [2.05, 4.69) is 53.2 Å². The highest BCUT2D eigenvalue weighted by Gasteiger charge is 2.14. The zero-order valence-corrected chi connectivity index (χ0v) is 16.4. The monoisotopic (exact) mass is 371 g/mol. The molecule has 0 aliphatic rings. The fraction of sp³-hybridized carbons (Fsp3) is 0.208. The summed E-state index contributed by atoms with van der Waals surface area (Å²) >= 11 is 0. The smallest absolute Gasteiger partial charge is 0.137 e. The van der Waals surface area contributed by atoms with Crippen LogP contribution in [0.25, 0.3) is 16.9 Å². The van der Waals surface area contributed by atoms with Crippen LogP contribution < -0.4 is 10.1 Å². The van der Waals surface area contributed by atoms with Gasteiger partial charge in [-0.1, -0.05) is 55.5 Å². The fourth-order valence-electron chi connectivity index (χ4n) is 3.51. The zero-order chi connectivity index (χ0) is 19.3. The van der Waals surface area contributed by atoms with Gasteiger partial charge in [-0.25, -0.2) is 4.98 Å². The Bertz CT molecular complexity index is 1070. The van der Waals surface area contributed by atoms with Crippen LogP contribution in [0.15, 0.2) is 72.9 Å². The van der Waals surface area contributed by atoms with Gasteiger partial charge in [0.2, 0.25) is 0 Å². The zero-order valence-electron chi connectivity index (χ0n) is 16.4. The summed E-state index contributed by atoms with van der Waals surface area (Å²) in [5, 5.41) is 3.56. The molecule has 4 heteroatoms. The van der Waals surface area contributed by atoms with Crippen molar-refractivity contribution in [3.63, 3.8) is 0 Å². The fourth-order valence-corrected chi connectivity index (χ4v) is 3.51. The average Bonchev–Trinajstić information content (AvgIpc) is 3.13. The number of pyridine rings is 1. The Hall–Kier alpha value is -3.11. The van der Waals surface area contributed by atoms with Crippen molar-refractivity contribution in [3.8, 4) is 17.0 Å². The molecule has 2 aromatic carbocycles. The van der Waals surface area contributed by atoms with Crippen LogP contribution in [0, 0.1) is 0 Å². The Morgan fingerprint density at radius 1 is 0.929 bits per heavy atom. The molecule has 4 rings (SSSR count). The van der Waals surface area contributed by atoms with Crippen LogP contribution in [0.4, 0.5) is 0 Å². The normalized spacial score (nSPS) is 11.1. The molecule has 142 valence electrons. The number of hydrogen-bond acceptors (Lipinski definition) is 3. The second-order valence-corrected chi connectivity index (χ2v) is 6.80. The standard InChI is InChI=1S/C24H25N3O/c1-3-18-11-13-19(14-12-18)24-21(27-15-7-6-10-23(27)26-24)17-25-16-20-8-4-5-9-22(20)28-2/h4-15,25H,3,16-17H2,1-2H3. The Morgan fingerprint density at radius 2 is 1.71 bits per heavy atom. The highest BCUT2D eigenvalue weighted by Crippen LogP contribution is 2.25. The molecular formula is C24H25N3O. The van der Waals surface area contributed by atoms with Gasteiger partial charge in [-0.05, 0) is 30.2 Å². The molecule has 0 bridgehead atoms. The Morgan fingerprint density at radius 3 is 2.50 bits per heavy atom. The molecule has 2 heterocycles. The highest BCUT2D eigenvalue weighted by molar-refractivity contribution is 5.66. The van der Waals surface area contributed by atoms with E-state index in [1.54, 1.807) is 7.11 Å². The second kappa shape index (κ2) is 8.28. The number of benzene rings is 2. The predicted octanol–water partition coefficient (Wildman–Crippen LogP) is 4.86. The van der Waals surface area contributed by atoms with E-state index in [-0.39, 0.29) is 0 Å². The summed E-state index contributed by atoms with van der Waals surface area (Å²) in [6.07, 6.45) is 3.12. The van der Waals surface area contributed by atoms with Crippen molar-refractivity contribution in [1.82, 2.24) is 14.7 Å². The molecular weight excluding hydrogens is 346 g/mol. The Balaban J connectivity index is 1.63. The summed E-state index contributed by atoms with van der Waals surface area (Å²) in [5.74, 6) is 0.906. The Labute approximate surface area is 165 Å². The maximum Gasteiger partial charge on any atom is 0.137 e. The third-order valence-corrected chi connectivity index (χ3v) is 5.06. The van der Waals surface area contributed by atoms with Crippen LogP contribution in [0.5, 0.6) is 5.75 Å². The van der Waals surface area contributed by atoms with Crippen LogP contribution in [-0.2, 0) is 19.5 Å². The van der Waals surface area contributed by atoms with Gasteiger partial charge in [-0.3, -0.25) is 0 Å². The molecule has 0 spiro atoms. The summed E-state index contributed by atoms with van der Waals surface area (Å²) in [7, 11) is 1.71. The van der Waals surface area contributed by atoms with Gasteiger partial charge in [-0.2, -0.15) is 0 Å². The van der Waals surface area contributed by atoms with Gasteiger partial charge < -0.3 is 14.5 Å². The lowest BCUT2D eigenvalue weighted by Crippen LogP contribution is -2.15. The van der Waals surface area contributed by atoms with Crippen LogP contribution in [-0.4, -0.2) is 16.5 Å². The number of para-hydroxylation sites is 1. The lowest BCUT2D eigenvalue weighted by atomic mass is 10.1. The largest absolute Gasteiger partial charge is 0.496 e. The topological polar surface area (TPSA) is 38.6 Å². The van der Waals surface area contributed by atoms with Gasteiger partial charge in [0, 0.05) is 30.4 Å². The van der Waals surface area contributed by atoms with Crippen molar-refractivity contribution in [1.29, 1.82) is 0 Å². The first-order valence-corrected chi connectivity index (χ1v) is 9.68. The first kappa shape index (κ1) is 18.3.